The molecule has 4 nitrogen and oxygen atoms in total. The number of hydrogen-bond donors (Lipinski definition) is 1. The second-order valence-corrected chi connectivity index (χ2v) is 4.93. The third-order valence-electron chi connectivity index (χ3n) is 3.15. The monoisotopic (exact) mass is 259 g/mol. The van der Waals surface area contributed by atoms with Gasteiger partial charge in [0, 0.05) is 18.3 Å². The van der Waals surface area contributed by atoms with E-state index in [-0.39, 0.29) is 17.9 Å². The summed E-state index contributed by atoms with van der Waals surface area (Å²) in [5.41, 5.74) is 7.31. The molecule has 0 bridgehead atoms. The van der Waals surface area contributed by atoms with Gasteiger partial charge in [-0.2, -0.15) is 5.26 Å². The maximum atomic E-state index is 12.5. The van der Waals surface area contributed by atoms with E-state index in [9.17, 15) is 4.79 Å². The molecule has 0 saturated heterocycles. The largest absolute Gasteiger partial charge is 0.399 e. The number of carbonyl (C=O) groups is 1. The Hall–Kier alpha value is -2.02. The van der Waals surface area contributed by atoms with Crippen molar-refractivity contribution in [1.82, 2.24) is 4.90 Å². The highest BCUT2D eigenvalue weighted by atomic mass is 16.2. The highest BCUT2D eigenvalue weighted by molar-refractivity contribution is 5.83. The van der Waals surface area contributed by atoms with E-state index >= 15 is 0 Å². The van der Waals surface area contributed by atoms with E-state index in [1.54, 1.807) is 11.0 Å². The summed E-state index contributed by atoms with van der Waals surface area (Å²) in [4.78, 5) is 14.2. The summed E-state index contributed by atoms with van der Waals surface area (Å²) in [6.45, 7) is 6.27. The summed E-state index contributed by atoms with van der Waals surface area (Å²) < 4.78 is 0. The Bertz CT molecular complexity index is 477. The molecule has 2 N–H and O–H groups in total. The lowest BCUT2D eigenvalue weighted by atomic mass is 9.98. The number of nitrogens with zero attached hydrogens (tertiary/aromatic N) is 2. The van der Waals surface area contributed by atoms with Crippen molar-refractivity contribution in [2.75, 3.05) is 12.3 Å². The van der Waals surface area contributed by atoms with E-state index in [1.165, 1.54) is 0 Å². The van der Waals surface area contributed by atoms with Gasteiger partial charge < -0.3 is 10.6 Å². The fourth-order valence-electron chi connectivity index (χ4n) is 2.01. The normalized spacial score (nSPS) is 11.9. The molecule has 0 aromatic heterocycles. The number of rotatable bonds is 5. The summed E-state index contributed by atoms with van der Waals surface area (Å²) in [6.07, 6.45) is 0.355. The lowest BCUT2D eigenvalue weighted by Gasteiger charge is -2.29. The maximum absolute atomic E-state index is 12.5. The highest BCUT2D eigenvalue weighted by Gasteiger charge is 2.23. The van der Waals surface area contributed by atoms with Crippen molar-refractivity contribution in [3.63, 3.8) is 0 Å². The summed E-state index contributed by atoms with van der Waals surface area (Å²) in [6, 6.07) is 9.55. The summed E-state index contributed by atoms with van der Waals surface area (Å²) in [7, 11) is 0. The predicted molar refractivity (Wildman–Crippen MR) is 76.3 cm³/mol. The minimum absolute atomic E-state index is 0.0378. The summed E-state index contributed by atoms with van der Waals surface area (Å²) in [5.74, 6) is -0.208. The second kappa shape index (κ2) is 6.79. The maximum Gasteiger partial charge on any atom is 0.230 e. The molecule has 0 aliphatic heterocycles. The molecule has 1 unspecified atom stereocenters. The fourth-order valence-corrected chi connectivity index (χ4v) is 2.01. The van der Waals surface area contributed by atoms with E-state index in [0.29, 0.717) is 18.7 Å². The number of anilines is 1. The van der Waals surface area contributed by atoms with Gasteiger partial charge in [-0.3, -0.25) is 4.79 Å². The van der Waals surface area contributed by atoms with Crippen LogP contribution in [0.15, 0.2) is 24.3 Å². The molecule has 0 saturated carbocycles. The van der Waals surface area contributed by atoms with E-state index in [1.807, 2.05) is 39.0 Å². The molecule has 4 heteroatoms. The summed E-state index contributed by atoms with van der Waals surface area (Å²) >= 11 is 0. The van der Waals surface area contributed by atoms with E-state index in [2.05, 4.69) is 6.07 Å². The molecule has 0 radical (unpaired) electrons. The molecule has 1 aromatic carbocycles. The topological polar surface area (TPSA) is 70.1 Å². The van der Waals surface area contributed by atoms with Gasteiger partial charge >= 0.3 is 0 Å². The predicted octanol–water partition coefficient (Wildman–Crippen LogP) is 2.52. The van der Waals surface area contributed by atoms with Gasteiger partial charge in [-0.05, 0) is 38.5 Å². The van der Waals surface area contributed by atoms with Gasteiger partial charge in [0.05, 0.1) is 18.4 Å². The standard InChI is InChI=1S/C15H21N3O/c1-11(2)18(9-5-8-16)15(19)12(3)13-6-4-7-14(17)10-13/h4,6-7,10-12H,5,9,17H2,1-3H3. The minimum Gasteiger partial charge on any atom is -0.399 e. The number of nitrogens with two attached hydrogens (primary N) is 1. The molecule has 19 heavy (non-hydrogen) atoms. The van der Waals surface area contributed by atoms with Crippen LogP contribution in [0.3, 0.4) is 0 Å². The van der Waals surface area contributed by atoms with Crippen molar-refractivity contribution in [3.8, 4) is 6.07 Å². The first-order chi connectivity index (χ1) is 8.97. The zero-order valence-corrected chi connectivity index (χ0v) is 11.8. The van der Waals surface area contributed by atoms with Crippen LogP contribution >= 0.6 is 0 Å². The molecular weight excluding hydrogens is 238 g/mol. The van der Waals surface area contributed by atoms with Crippen molar-refractivity contribution < 1.29 is 4.79 Å². The Kier molecular flexibility index (Phi) is 5.37. The van der Waals surface area contributed by atoms with Crippen LogP contribution < -0.4 is 5.73 Å². The number of benzene rings is 1. The molecule has 1 aromatic rings. The third-order valence-corrected chi connectivity index (χ3v) is 3.15. The second-order valence-electron chi connectivity index (χ2n) is 4.93. The number of hydrogen-bond acceptors (Lipinski definition) is 3. The molecule has 0 heterocycles. The van der Waals surface area contributed by atoms with Gasteiger partial charge in [-0.1, -0.05) is 12.1 Å². The Morgan fingerprint density at radius 1 is 1.42 bits per heavy atom. The van der Waals surface area contributed by atoms with Crippen LogP contribution in [0.1, 0.15) is 38.7 Å². The van der Waals surface area contributed by atoms with Crippen LogP contribution in [0.2, 0.25) is 0 Å². The van der Waals surface area contributed by atoms with Gasteiger partial charge in [0.1, 0.15) is 0 Å². The molecule has 1 atom stereocenters. The lowest BCUT2D eigenvalue weighted by molar-refractivity contribution is -0.134. The number of nitrogen functional groups attached to an aromatic ring is 1. The third kappa shape index (κ3) is 3.99. The van der Waals surface area contributed by atoms with Gasteiger partial charge in [0.25, 0.3) is 0 Å². The first-order valence-electron chi connectivity index (χ1n) is 6.50. The Morgan fingerprint density at radius 2 is 2.11 bits per heavy atom. The Morgan fingerprint density at radius 3 is 2.63 bits per heavy atom. The highest BCUT2D eigenvalue weighted by Crippen LogP contribution is 2.21. The van der Waals surface area contributed by atoms with Crippen molar-refractivity contribution in [3.05, 3.63) is 29.8 Å². The summed E-state index contributed by atoms with van der Waals surface area (Å²) in [5, 5.41) is 8.67. The SMILES string of the molecule is CC(C(=O)N(CCC#N)C(C)C)c1cccc(N)c1. The van der Waals surface area contributed by atoms with Gasteiger partial charge in [-0.25, -0.2) is 0 Å². The van der Waals surface area contributed by atoms with Gasteiger partial charge in [-0.15, -0.1) is 0 Å². The molecular formula is C15H21N3O. The van der Waals surface area contributed by atoms with Crippen molar-refractivity contribution >= 4 is 11.6 Å². The molecule has 0 spiro atoms. The molecule has 1 rings (SSSR count). The quantitative estimate of drug-likeness (QED) is 0.826. The zero-order chi connectivity index (χ0) is 14.4. The lowest BCUT2D eigenvalue weighted by Crippen LogP contribution is -2.40. The first-order valence-corrected chi connectivity index (χ1v) is 6.50. The van der Waals surface area contributed by atoms with Crippen LogP contribution in [0.25, 0.3) is 0 Å². The number of amides is 1. The van der Waals surface area contributed by atoms with Crippen LogP contribution in [-0.4, -0.2) is 23.4 Å². The van der Waals surface area contributed by atoms with Crippen LogP contribution in [0.5, 0.6) is 0 Å². The average molecular weight is 259 g/mol. The van der Waals surface area contributed by atoms with E-state index in [0.717, 1.165) is 5.56 Å². The van der Waals surface area contributed by atoms with Gasteiger partial charge in [0.2, 0.25) is 5.91 Å². The van der Waals surface area contributed by atoms with Crippen LogP contribution in [0, 0.1) is 11.3 Å². The number of nitriles is 1. The molecule has 102 valence electrons. The van der Waals surface area contributed by atoms with Crippen molar-refractivity contribution in [2.24, 2.45) is 0 Å². The van der Waals surface area contributed by atoms with Crippen molar-refractivity contribution in [1.29, 1.82) is 5.26 Å². The van der Waals surface area contributed by atoms with Crippen LogP contribution in [-0.2, 0) is 4.79 Å². The molecule has 0 aliphatic carbocycles. The molecule has 1 amide bonds. The van der Waals surface area contributed by atoms with E-state index in [4.69, 9.17) is 11.0 Å². The fraction of sp³-hybridized carbons (Fsp3) is 0.467. The first kappa shape index (κ1) is 15.0. The molecule has 0 aliphatic rings. The van der Waals surface area contributed by atoms with Crippen molar-refractivity contribution in [2.45, 2.75) is 39.2 Å². The zero-order valence-electron chi connectivity index (χ0n) is 11.8. The molecule has 0 fully saturated rings. The average Bonchev–Trinajstić information content (AvgIpc) is 2.37. The van der Waals surface area contributed by atoms with E-state index < -0.39 is 0 Å². The Labute approximate surface area is 114 Å². The minimum atomic E-state index is -0.246. The Balaban J connectivity index is 2.87. The van der Waals surface area contributed by atoms with Gasteiger partial charge in [0.15, 0.2) is 0 Å². The van der Waals surface area contributed by atoms with Crippen LogP contribution in [0.4, 0.5) is 5.69 Å². The number of carbonyl (C=O) groups excluding carboxylic acids is 1. The smallest absolute Gasteiger partial charge is 0.230 e.